The van der Waals surface area contributed by atoms with E-state index in [2.05, 4.69) is 10.6 Å². The van der Waals surface area contributed by atoms with Crippen LogP contribution in [0.2, 0.25) is 5.02 Å². The molecule has 6 N–H and O–H groups in total. The van der Waals surface area contributed by atoms with Crippen LogP contribution in [0.5, 0.6) is 5.75 Å². The predicted molar refractivity (Wildman–Crippen MR) is 108 cm³/mol. The van der Waals surface area contributed by atoms with Crippen LogP contribution in [-0.4, -0.2) is 42.0 Å². The Morgan fingerprint density at radius 1 is 1.21 bits per heavy atom. The number of halogens is 1. The first kappa shape index (κ1) is 23.4. The molecule has 0 bridgehead atoms. The lowest BCUT2D eigenvalue weighted by atomic mass is 10.1. The molecule has 1 fully saturated rings. The van der Waals surface area contributed by atoms with Crippen LogP contribution in [0.25, 0.3) is 0 Å². The van der Waals surface area contributed by atoms with E-state index in [1.54, 1.807) is 0 Å². The van der Waals surface area contributed by atoms with Crippen molar-refractivity contribution in [3.05, 3.63) is 17.2 Å². The van der Waals surface area contributed by atoms with E-state index in [1.165, 1.54) is 0 Å². The highest BCUT2D eigenvalue weighted by Crippen LogP contribution is 2.34. The zero-order valence-corrected chi connectivity index (χ0v) is 17.4. The third-order valence-electron chi connectivity index (χ3n) is 4.81. The summed E-state index contributed by atoms with van der Waals surface area (Å²) in [6.45, 7) is 0. The van der Waals surface area contributed by atoms with Crippen molar-refractivity contribution in [3.63, 3.8) is 0 Å². The summed E-state index contributed by atoms with van der Waals surface area (Å²) in [5.41, 5.74) is 5.60. The monoisotopic (exact) mass is 447 g/mol. The summed E-state index contributed by atoms with van der Waals surface area (Å²) >= 11 is 5.77. The van der Waals surface area contributed by atoms with E-state index in [9.17, 15) is 23.1 Å². The summed E-state index contributed by atoms with van der Waals surface area (Å²) in [4.78, 5) is 23.5. The molecule has 1 unspecified atom stereocenters. The van der Waals surface area contributed by atoms with Crippen LogP contribution < -0.4 is 16.4 Å². The smallest absolute Gasteiger partial charge is 0.298 e. The van der Waals surface area contributed by atoms with Crippen molar-refractivity contribution in [1.82, 2.24) is 5.32 Å². The van der Waals surface area contributed by atoms with E-state index < -0.39 is 32.7 Å². The quantitative estimate of drug-likeness (QED) is 0.243. The molecule has 0 saturated heterocycles. The largest absolute Gasteiger partial charge is 0.504 e. The van der Waals surface area contributed by atoms with Gasteiger partial charge in [-0.15, -0.1) is 0 Å². The molecule has 0 aliphatic heterocycles. The molecule has 2 rings (SSSR count). The maximum Gasteiger partial charge on any atom is 0.298 e. The molecule has 1 atom stereocenters. The number of amides is 2. The van der Waals surface area contributed by atoms with Gasteiger partial charge >= 0.3 is 0 Å². The highest BCUT2D eigenvalue weighted by Gasteiger charge is 2.22. The Labute approximate surface area is 174 Å². The first-order valence-corrected chi connectivity index (χ1v) is 11.3. The summed E-state index contributed by atoms with van der Waals surface area (Å²) in [7, 11) is -4.73. The number of phenols is 1. The summed E-state index contributed by atoms with van der Waals surface area (Å²) in [6.07, 6.45) is 6.23. The van der Waals surface area contributed by atoms with Gasteiger partial charge in [-0.05, 0) is 31.4 Å². The van der Waals surface area contributed by atoms with E-state index >= 15 is 0 Å². The number of aromatic hydroxyl groups is 1. The van der Waals surface area contributed by atoms with E-state index in [0.29, 0.717) is 0 Å². The molecule has 2 amide bonds. The standard InChI is InChI=1S/C18H26ClN3O6S/c19-11-9-14(17(24)15(10-11)29(26,27)28)22-16(23)8-7-13(20)18(25)21-12-5-3-1-2-4-6-12/h9-10,12-13,24H,1-8,20H2,(H,21,25)(H,22,23)(H,26,27,28). The fourth-order valence-corrected chi connectivity index (χ4v) is 4.14. The van der Waals surface area contributed by atoms with Gasteiger partial charge < -0.3 is 21.5 Å². The maximum absolute atomic E-state index is 12.2. The number of anilines is 1. The SMILES string of the molecule is NC(CCC(=O)Nc1cc(Cl)cc(S(=O)(=O)O)c1O)C(=O)NC1CCCCCC1. The van der Waals surface area contributed by atoms with Gasteiger partial charge in [0.2, 0.25) is 11.8 Å². The van der Waals surface area contributed by atoms with Crippen LogP contribution in [0.4, 0.5) is 5.69 Å². The molecule has 0 heterocycles. The number of carbonyl (C=O) groups is 2. The molecule has 1 aliphatic carbocycles. The van der Waals surface area contributed by atoms with E-state index in [0.717, 1.165) is 50.7 Å². The molecular weight excluding hydrogens is 422 g/mol. The zero-order valence-electron chi connectivity index (χ0n) is 15.9. The van der Waals surface area contributed by atoms with Gasteiger partial charge in [-0.1, -0.05) is 37.3 Å². The van der Waals surface area contributed by atoms with Crippen molar-refractivity contribution in [1.29, 1.82) is 0 Å². The van der Waals surface area contributed by atoms with Gasteiger partial charge in [0.25, 0.3) is 10.1 Å². The number of hydrogen-bond donors (Lipinski definition) is 5. The Bertz CT molecular complexity index is 853. The van der Waals surface area contributed by atoms with Crippen molar-refractivity contribution in [2.24, 2.45) is 5.73 Å². The van der Waals surface area contributed by atoms with Crippen molar-refractivity contribution < 1.29 is 27.7 Å². The third-order valence-corrected chi connectivity index (χ3v) is 5.90. The van der Waals surface area contributed by atoms with Gasteiger partial charge in [-0.2, -0.15) is 8.42 Å². The van der Waals surface area contributed by atoms with Gasteiger partial charge in [0.15, 0.2) is 5.75 Å². The second-order valence-corrected chi connectivity index (χ2v) is 8.99. The Kier molecular flexibility index (Phi) is 8.26. The molecule has 29 heavy (non-hydrogen) atoms. The van der Waals surface area contributed by atoms with Crippen LogP contribution in [0.1, 0.15) is 51.4 Å². The molecule has 11 heteroatoms. The first-order chi connectivity index (χ1) is 13.6. The number of rotatable bonds is 7. The van der Waals surface area contributed by atoms with Crippen LogP contribution in [0.15, 0.2) is 17.0 Å². The molecule has 0 aromatic heterocycles. The van der Waals surface area contributed by atoms with Gasteiger partial charge in [-0.3, -0.25) is 14.1 Å². The van der Waals surface area contributed by atoms with Crippen LogP contribution in [0, 0.1) is 0 Å². The minimum Gasteiger partial charge on any atom is -0.504 e. The predicted octanol–water partition coefficient (Wildman–Crippen LogP) is 2.18. The summed E-state index contributed by atoms with van der Waals surface area (Å²) in [5.74, 6) is -1.74. The number of carbonyl (C=O) groups excluding carboxylic acids is 2. The highest BCUT2D eigenvalue weighted by molar-refractivity contribution is 7.86. The lowest BCUT2D eigenvalue weighted by molar-refractivity contribution is -0.123. The summed E-state index contributed by atoms with van der Waals surface area (Å²) < 4.78 is 31.7. The highest BCUT2D eigenvalue weighted by atomic mass is 35.5. The molecule has 9 nitrogen and oxygen atoms in total. The minimum absolute atomic E-state index is 0.0663. The van der Waals surface area contributed by atoms with Gasteiger partial charge in [0.05, 0.1) is 11.7 Å². The van der Waals surface area contributed by atoms with Crippen molar-refractivity contribution in [3.8, 4) is 5.75 Å². The average molecular weight is 448 g/mol. The fourth-order valence-electron chi connectivity index (χ4n) is 3.23. The molecule has 0 radical (unpaired) electrons. The lowest BCUT2D eigenvalue weighted by Gasteiger charge is -2.19. The minimum atomic E-state index is -4.73. The molecule has 1 aliphatic rings. The van der Waals surface area contributed by atoms with E-state index in [-0.39, 0.29) is 35.5 Å². The lowest BCUT2D eigenvalue weighted by Crippen LogP contribution is -2.45. The van der Waals surface area contributed by atoms with Crippen molar-refractivity contribution >= 4 is 39.2 Å². The van der Waals surface area contributed by atoms with Crippen molar-refractivity contribution in [2.45, 2.75) is 68.3 Å². The second-order valence-electron chi connectivity index (χ2n) is 7.17. The molecule has 1 aromatic rings. The third kappa shape index (κ3) is 7.14. The van der Waals surface area contributed by atoms with Gasteiger partial charge in [0, 0.05) is 17.5 Å². The van der Waals surface area contributed by atoms with Crippen LogP contribution in [0.3, 0.4) is 0 Å². The summed E-state index contributed by atoms with van der Waals surface area (Å²) in [6, 6.07) is 1.23. The first-order valence-electron chi connectivity index (χ1n) is 9.43. The summed E-state index contributed by atoms with van der Waals surface area (Å²) in [5, 5.41) is 15.1. The zero-order chi connectivity index (χ0) is 21.6. The number of benzene rings is 1. The molecule has 1 aromatic carbocycles. The molecule has 0 spiro atoms. The van der Waals surface area contributed by atoms with E-state index in [1.807, 2.05) is 0 Å². The molecule has 162 valence electrons. The number of nitrogens with one attached hydrogen (secondary N) is 2. The van der Waals surface area contributed by atoms with Gasteiger partial charge in [-0.25, -0.2) is 0 Å². The van der Waals surface area contributed by atoms with Crippen LogP contribution in [-0.2, 0) is 19.7 Å². The topological polar surface area (TPSA) is 159 Å². The number of hydrogen-bond acceptors (Lipinski definition) is 6. The van der Waals surface area contributed by atoms with Gasteiger partial charge in [0.1, 0.15) is 4.90 Å². The fraction of sp³-hybridized carbons (Fsp3) is 0.556. The van der Waals surface area contributed by atoms with E-state index in [4.69, 9.17) is 21.9 Å². The second kappa shape index (κ2) is 10.2. The Morgan fingerprint density at radius 2 is 1.83 bits per heavy atom. The van der Waals surface area contributed by atoms with Crippen molar-refractivity contribution in [2.75, 3.05) is 5.32 Å². The number of phenolic OH excluding ortho intramolecular Hbond substituents is 1. The normalized spacial score (nSPS) is 16.7. The Morgan fingerprint density at radius 3 is 2.41 bits per heavy atom. The number of nitrogens with two attached hydrogens (primary N) is 1. The Balaban J connectivity index is 1.91. The molecule has 1 saturated carbocycles. The van der Waals surface area contributed by atoms with Crippen LogP contribution >= 0.6 is 11.6 Å². The maximum atomic E-state index is 12.2. The molecular formula is C18H26ClN3O6S. The Hall–Kier alpha value is -1.88. The average Bonchev–Trinajstić information content (AvgIpc) is 2.90.